The van der Waals surface area contributed by atoms with Gasteiger partial charge >= 0.3 is 0 Å². The second kappa shape index (κ2) is 4.56. The van der Waals surface area contributed by atoms with Crippen LogP contribution in [0.1, 0.15) is 25.8 Å². The highest BCUT2D eigenvalue weighted by molar-refractivity contribution is 5.52. The van der Waals surface area contributed by atoms with Gasteiger partial charge in [0.1, 0.15) is 5.75 Å². The van der Waals surface area contributed by atoms with Gasteiger partial charge in [-0.05, 0) is 36.1 Å². The van der Waals surface area contributed by atoms with Crippen molar-refractivity contribution in [3.05, 3.63) is 23.8 Å². The molecule has 0 fully saturated rings. The van der Waals surface area contributed by atoms with E-state index in [9.17, 15) is 0 Å². The zero-order valence-electron chi connectivity index (χ0n) is 9.55. The van der Waals surface area contributed by atoms with Crippen LogP contribution in [0.15, 0.2) is 18.2 Å². The van der Waals surface area contributed by atoms with E-state index in [2.05, 4.69) is 37.4 Å². The van der Waals surface area contributed by atoms with Crippen LogP contribution in [0.3, 0.4) is 0 Å². The molecule has 2 nitrogen and oxygen atoms in total. The van der Waals surface area contributed by atoms with E-state index < -0.39 is 0 Å². The maximum atomic E-state index is 5.47. The summed E-state index contributed by atoms with van der Waals surface area (Å²) < 4.78 is 5.47. The third-order valence-electron chi connectivity index (χ3n) is 2.74. The molecule has 0 aliphatic carbocycles. The molecule has 2 heteroatoms. The first-order valence-electron chi connectivity index (χ1n) is 5.75. The number of anilines is 1. The van der Waals surface area contributed by atoms with Crippen molar-refractivity contribution in [1.82, 2.24) is 0 Å². The van der Waals surface area contributed by atoms with Crippen LogP contribution in [-0.4, -0.2) is 13.2 Å². The monoisotopic (exact) mass is 205 g/mol. The molecule has 1 N–H and O–H groups in total. The van der Waals surface area contributed by atoms with E-state index >= 15 is 0 Å². The van der Waals surface area contributed by atoms with Crippen LogP contribution in [0, 0.1) is 5.92 Å². The van der Waals surface area contributed by atoms with Crippen LogP contribution in [0.4, 0.5) is 5.69 Å². The van der Waals surface area contributed by atoms with Gasteiger partial charge in [-0.1, -0.05) is 13.8 Å². The molecule has 1 heterocycles. The number of benzene rings is 1. The van der Waals surface area contributed by atoms with Crippen molar-refractivity contribution < 1.29 is 4.74 Å². The molecule has 0 spiro atoms. The summed E-state index contributed by atoms with van der Waals surface area (Å²) in [6.45, 7) is 6.39. The Morgan fingerprint density at radius 2 is 2.27 bits per heavy atom. The van der Waals surface area contributed by atoms with Crippen molar-refractivity contribution >= 4 is 5.69 Å². The molecule has 1 aliphatic rings. The average Bonchev–Trinajstić information content (AvgIpc) is 2.64. The number of hydrogen-bond donors (Lipinski definition) is 1. The van der Waals surface area contributed by atoms with Gasteiger partial charge in [0.15, 0.2) is 0 Å². The van der Waals surface area contributed by atoms with Crippen LogP contribution in [0.2, 0.25) is 0 Å². The molecule has 0 atom stereocenters. The van der Waals surface area contributed by atoms with Gasteiger partial charge in [0.05, 0.1) is 6.61 Å². The summed E-state index contributed by atoms with van der Waals surface area (Å²) in [7, 11) is 0. The molecule has 0 saturated carbocycles. The minimum atomic E-state index is 0.760. The molecule has 2 rings (SSSR count). The average molecular weight is 205 g/mol. The molecular weight excluding hydrogens is 186 g/mol. The van der Waals surface area contributed by atoms with Crippen molar-refractivity contribution in [3.63, 3.8) is 0 Å². The van der Waals surface area contributed by atoms with Crippen molar-refractivity contribution in [2.45, 2.75) is 26.7 Å². The highest BCUT2D eigenvalue weighted by Gasteiger charge is 2.11. The summed E-state index contributed by atoms with van der Waals surface area (Å²) in [5, 5.41) is 3.45. The van der Waals surface area contributed by atoms with E-state index in [1.807, 2.05) is 0 Å². The highest BCUT2D eigenvalue weighted by Crippen LogP contribution is 2.27. The predicted octanol–water partition coefficient (Wildman–Crippen LogP) is 3.08. The smallest absolute Gasteiger partial charge is 0.122 e. The second-order valence-corrected chi connectivity index (χ2v) is 4.53. The minimum absolute atomic E-state index is 0.760. The van der Waals surface area contributed by atoms with E-state index in [1.54, 1.807) is 0 Å². The molecule has 0 bridgehead atoms. The zero-order valence-corrected chi connectivity index (χ0v) is 9.55. The van der Waals surface area contributed by atoms with Crippen LogP contribution in [0.5, 0.6) is 5.75 Å². The van der Waals surface area contributed by atoms with Crippen LogP contribution in [0.25, 0.3) is 0 Å². The molecule has 0 amide bonds. The Kier molecular flexibility index (Phi) is 3.14. The second-order valence-electron chi connectivity index (χ2n) is 4.53. The van der Waals surface area contributed by atoms with Gasteiger partial charge in [0.25, 0.3) is 0 Å². The first-order chi connectivity index (χ1) is 7.25. The largest absolute Gasteiger partial charge is 0.493 e. The molecule has 0 saturated heterocycles. The van der Waals surface area contributed by atoms with Gasteiger partial charge in [0.2, 0.25) is 0 Å². The molecule has 0 radical (unpaired) electrons. The van der Waals surface area contributed by atoms with Crippen molar-refractivity contribution in [1.29, 1.82) is 0 Å². The van der Waals surface area contributed by atoms with Gasteiger partial charge in [-0.3, -0.25) is 0 Å². The SMILES string of the molecule is CC(C)CCNc1ccc2c(c1)CCO2. The third kappa shape index (κ3) is 2.65. The minimum Gasteiger partial charge on any atom is -0.493 e. The van der Waals surface area contributed by atoms with Crippen molar-refractivity contribution in [3.8, 4) is 5.75 Å². The lowest BCUT2D eigenvalue weighted by atomic mass is 10.1. The summed E-state index contributed by atoms with van der Waals surface area (Å²) in [6, 6.07) is 6.38. The molecule has 15 heavy (non-hydrogen) atoms. The molecule has 82 valence electrons. The number of nitrogens with one attached hydrogen (secondary N) is 1. The first kappa shape index (κ1) is 10.3. The normalized spacial score (nSPS) is 13.8. The maximum absolute atomic E-state index is 5.47. The number of fused-ring (bicyclic) bond motifs is 1. The number of hydrogen-bond acceptors (Lipinski definition) is 2. The third-order valence-corrected chi connectivity index (χ3v) is 2.74. The van der Waals surface area contributed by atoms with E-state index in [1.165, 1.54) is 17.7 Å². The maximum Gasteiger partial charge on any atom is 0.122 e. The lowest BCUT2D eigenvalue weighted by Gasteiger charge is -2.09. The van der Waals surface area contributed by atoms with Crippen LogP contribution < -0.4 is 10.1 Å². The molecule has 1 aliphatic heterocycles. The van der Waals surface area contributed by atoms with Gasteiger partial charge in [0, 0.05) is 18.7 Å². The summed E-state index contributed by atoms with van der Waals surface area (Å²) in [4.78, 5) is 0. The highest BCUT2D eigenvalue weighted by atomic mass is 16.5. The summed E-state index contributed by atoms with van der Waals surface area (Å²) >= 11 is 0. The first-order valence-corrected chi connectivity index (χ1v) is 5.75. The lowest BCUT2D eigenvalue weighted by Crippen LogP contribution is -2.04. The molecule has 0 unspecified atom stereocenters. The predicted molar refractivity (Wildman–Crippen MR) is 63.6 cm³/mol. The fourth-order valence-electron chi connectivity index (χ4n) is 1.80. The Balaban J connectivity index is 1.92. The molecule has 1 aromatic rings. The Hall–Kier alpha value is -1.18. The fraction of sp³-hybridized carbons (Fsp3) is 0.538. The fourth-order valence-corrected chi connectivity index (χ4v) is 1.80. The van der Waals surface area contributed by atoms with Crippen LogP contribution >= 0.6 is 0 Å². The van der Waals surface area contributed by atoms with E-state index in [0.29, 0.717) is 0 Å². The quantitative estimate of drug-likeness (QED) is 0.815. The summed E-state index contributed by atoms with van der Waals surface area (Å²) in [6.07, 6.45) is 2.27. The van der Waals surface area contributed by atoms with E-state index in [-0.39, 0.29) is 0 Å². The van der Waals surface area contributed by atoms with E-state index in [0.717, 1.165) is 31.2 Å². The zero-order chi connectivity index (χ0) is 10.7. The van der Waals surface area contributed by atoms with Crippen molar-refractivity contribution in [2.24, 2.45) is 5.92 Å². The standard InChI is InChI=1S/C13H19NO/c1-10(2)5-7-14-12-3-4-13-11(9-12)6-8-15-13/h3-4,9-10,14H,5-8H2,1-2H3. The molecule has 1 aromatic carbocycles. The van der Waals surface area contributed by atoms with Gasteiger partial charge in [-0.2, -0.15) is 0 Å². The Morgan fingerprint density at radius 1 is 1.40 bits per heavy atom. The Bertz CT molecular complexity index is 333. The number of ether oxygens (including phenoxy) is 1. The topological polar surface area (TPSA) is 21.3 Å². The van der Waals surface area contributed by atoms with Gasteiger partial charge in [-0.15, -0.1) is 0 Å². The van der Waals surface area contributed by atoms with Gasteiger partial charge < -0.3 is 10.1 Å². The van der Waals surface area contributed by atoms with Crippen LogP contribution in [-0.2, 0) is 6.42 Å². The Labute approximate surface area is 91.6 Å². The molecule has 0 aromatic heterocycles. The number of rotatable bonds is 4. The lowest BCUT2D eigenvalue weighted by molar-refractivity contribution is 0.357. The summed E-state index contributed by atoms with van der Waals surface area (Å²) in [5.41, 5.74) is 2.56. The van der Waals surface area contributed by atoms with Crippen molar-refractivity contribution in [2.75, 3.05) is 18.5 Å². The summed E-state index contributed by atoms with van der Waals surface area (Å²) in [5.74, 6) is 1.82. The van der Waals surface area contributed by atoms with E-state index in [4.69, 9.17) is 4.74 Å². The molecular formula is C13H19NO. The Morgan fingerprint density at radius 3 is 3.07 bits per heavy atom. The van der Waals surface area contributed by atoms with Gasteiger partial charge in [-0.25, -0.2) is 0 Å².